The van der Waals surface area contributed by atoms with E-state index in [1.54, 1.807) is 24.3 Å². The number of halogens is 2. The van der Waals surface area contributed by atoms with Crippen LogP contribution in [0.3, 0.4) is 0 Å². The Labute approximate surface area is 174 Å². The molecule has 1 aliphatic heterocycles. The fraction of sp³-hybridized carbons (Fsp3) is 0.333. The van der Waals surface area contributed by atoms with Crippen molar-refractivity contribution in [1.82, 2.24) is 15.1 Å². The first kappa shape index (κ1) is 21.1. The number of ketones is 1. The summed E-state index contributed by atoms with van der Waals surface area (Å²) in [5, 5.41) is 18.0. The van der Waals surface area contributed by atoms with Crippen molar-refractivity contribution in [3.05, 3.63) is 53.8 Å². The lowest BCUT2D eigenvalue weighted by Gasteiger charge is -2.38. The largest absolute Gasteiger partial charge is 0.508 e. The minimum absolute atomic E-state index is 0. The van der Waals surface area contributed by atoms with Gasteiger partial charge < -0.3 is 10.0 Å². The molecule has 0 amide bonds. The van der Waals surface area contributed by atoms with E-state index in [1.165, 1.54) is 12.1 Å². The van der Waals surface area contributed by atoms with Gasteiger partial charge in [0.25, 0.3) is 0 Å². The zero-order valence-electron chi connectivity index (χ0n) is 16.1. The molecular weight excluding hydrogens is 395 g/mol. The Morgan fingerprint density at radius 2 is 1.86 bits per heavy atom. The first-order valence-corrected chi connectivity index (χ1v) is 9.52. The number of aromatic hydroxyl groups is 1. The maximum Gasteiger partial charge on any atom is 0.179 e. The molecule has 0 radical (unpaired) electrons. The van der Waals surface area contributed by atoms with Crippen LogP contribution in [-0.2, 0) is 0 Å². The lowest BCUT2D eigenvalue weighted by molar-refractivity contribution is 0.0801. The van der Waals surface area contributed by atoms with Crippen LogP contribution in [0.25, 0.3) is 10.9 Å². The van der Waals surface area contributed by atoms with Crippen LogP contribution in [0.5, 0.6) is 5.75 Å². The number of carbonyl (C=O) groups excluding carboxylic acids is 1. The lowest BCUT2D eigenvalue weighted by Crippen LogP contribution is -2.52. The van der Waals surface area contributed by atoms with Gasteiger partial charge >= 0.3 is 0 Å². The van der Waals surface area contributed by atoms with E-state index in [1.807, 2.05) is 13.0 Å². The summed E-state index contributed by atoms with van der Waals surface area (Å²) < 4.78 is 13.1. The van der Waals surface area contributed by atoms with Crippen LogP contribution in [0, 0.1) is 5.82 Å². The second kappa shape index (κ2) is 8.80. The fourth-order valence-electron chi connectivity index (χ4n) is 3.90. The SMILES string of the molecule is CCC(C(=O)c1ccc(F)cc1)N1CCN(c2n[nH]c3cc(O)ccc23)CC1.Cl. The van der Waals surface area contributed by atoms with Gasteiger partial charge in [-0.1, -0.05) is 6.92 Å². The number of hydrogen-bond acceptors (Lipinski definition) is 5. The third-order valence-electron chi connectivity index (χ3n) is 5.40. The predicted molar refractivity (Wildman–Crippen MR) is 114 cm³/mol. The molecular formula is C21H24ClFN4O2. The van der Waals surface area contributed by atoms with Crippen LogP contribution in [0.2, 0.25) is 0 Å². The smallest absolute Gasteiger partial charge is 0.179 e. The number of fused-ring (bicyclic) bond motifs is 1. The van der Waals surface area contributed by atoms with Gasteiger partial charge in [0, 0.05) is 43.2 Å². The number of Topliss-reactive ketones (excluding diaryl/α,β-unsaturated/α-hetero) is 1. The number of rotatable bonds is 5. The van der Waals surface area contributed by atoms with Crippen molar-refractivity contribution in [3.8, 4) is 5.75 Å². The number of carbonyl (C=O) groups is 1. The van der Waals surface area contributed by atoms with Crippen LogP contribution in [0.1, 0.15) is 23.7 Å². The third-order valence-corrected chi connectivity index (χ3v) is 5.40. The van der Waals surface area contributed by atoms with Crippen LogP contribution in [0.15, 0.2) is 42.5 Å². The highest BCUT2D eigenvalue weighted by Crippen LogP contribution is 2.28. The van der Waals surface area contributed by atoms with Crippen molar-refractivity contribution in [2.75, 3.05) is 31.1 Å². The van der Waals surface area contributed by atoms with Crippen molar-refractivity contribution in [2.45, 2.75) is 19.4 Å². The maximum atomic E-state index is 13.1. The average Bonchev–Trinajstić information content (AvgIpc) is 3.12. The highest BCUT2D eigenvalue weighted by molar-refractivity contribution is 6.00. The van der Waals surface area contributed by atoms with Crippen molar-refractivity contribution in [3.63, 3.8) is 0 Å². The Kier molecular flexibility index (Phi) is 6.39. The van der Waals surface area contributed by atoms with Crippen LogP contribution in [-0.4, -0.2) is 58.2 Å². The first-order chi connectivity index (χ1) is 13.6. The quantitative estimate of drug-likeness (QED) is 0.619. The highest BCUT2D eigenvalue weighted by Gasteiger charge is 2.29. The maximum absolute atomic E-state index is 13.1. The van der Waals surface area contributed by atoms with Gasteiger partial charge in [-0.2, -0.15) is 5.10 Å². The summed E-state index contributed by atoms with van der Waals surface area (Å²) >= 11 is 0. The standard InChI is InChI=1S/C21H23FN4O2.ClH/c1-2-19(20(28)14-3-5-15(22)6-4-14)25-9-11-26(12-10-25)21-17-8-7-16(27)13-18(17)23-24-21;/h3-8,13,19,27H,2,9-12H2,1H3,(H,23,24);1H. The molecule has 29 heavy (non-hydrogen) atoms. The number of phenols is 1. The van der Waals surface area contributed by atoms with E-state index in [0.717, 1.165) is 42.9 Å². The van der Waals surface area contributed by atoms with Gasteiger partial charge in [-0.15, -0.1) is 12.4 Å². The monoisotopic (exact) mass is 418 g/mol. The molecule has 8 heteroatoms. The summed E-state index contributed by atoms with van der Waals surface area (Å²) in [6, 6.07) is 10.8. The van der Waals surface area contributed by atoms with E-state index in [4.69, 9.17) is 0 Å². The number of aromatic amines is 1. The van der Waals surface area contributed by atoms with Gasteiger partial charge in [-0.3, -0.25) is 14.8 Å². The number of phenolic OH excluding ortho intramolecular Hbond substituents is 1. The second-order valence-electron chi connectivity index (χ2n) is 7.10. The number of piperazine rings is 1. The van der Waals surface area contributed by atoms with Crippen LogP contribution in [0.4, 0.5) is 10.2 Å². The molecule has 4 rings (SSSR count). The van der Waals surface area contributed by atoms with Gasteiger partial charge in [0.2, 0.25) is 0 Å². The number of benzene rings is 2. The molecule has 6 nitrogen and oxygen atoms in total. The van der Waals surface area contributed by atoms with Crippen molar-refractivity contribution < 1.29 is 14.3 Å². The van der Waals surface area contributed by atoms with E-state index in [-0.39, 0.29) is 35.8 Å². The number of anilines is 1. The molecule has 1 atom stereocenters. The molecule has 0 spiro atoms. The van der Waals surface area contributed by atoms with Gasteiger partial charge in [-0.25, -0.2) is 4.39 Å². The Hall–Kier alpha value is -2.64. The zero-order chi connectivity index (χ0) is 19.7. The highest BCUT2D eigenvalue weighted by atomic mass is 35.5. The molecule has 1 unspecified atom stereocenters. The molecule has 3 aromatic rings. The molecule has 1 fully saturated rings. The summed E-state index contributed by atoms with van der Waals surface area (Å²) in [7, 11) is 0. The first-order valence-electron chi connectivity index (χ1n) is 9.52. The van der Waals surface area contributed by atoms with Gasteiger partial charge in [0.1, 0.15) is 11.6 Å². The Balaban J connectivity index is 0.00000240. The Morgan fingerprint density at radius 3 is 2.52 bits per heavy atom. The predicted octanol–water partition coefficient (Wildman–Crippen LogP) is 3.61. The molecule has 2 N–H and O–H groups in total. The summed E-state index contributed by atoms with van der Waals surface area (Å²) in [6.07, 6.45) is 0.709. The zero-order valence-corrected chi connectivity index (χ0v) is 17.0. The number of hydrogen-bond donors (Lipinski definition) is 2. The lowest BCUT2D eigenvalue weighted by atomic mass is 10.00. The summed E-state index contributed by atoms with van der Waals surface area (Å²) in [5.74, 6) is 0.777. The molecule has 1 saturated heterocycles. The second-order valence-corrected chi connectivity index (χ2v) is 7.10. The topological polar surface area (TPSA) is 72.5 Å². The number of H-pyrrole nitrogens is 1. The normalized spacial score (nSPS) is 15.9. The fourth-order valence-corrected chi connectivity index (χ4v) is 3.90. The molecule has 2 heterocycles. The number of aromatic nitrogens is 2. The average molecular weight is 419 g/mol. The minimum Gasteiger partial charge on any atom is -0.508 e. The third kappa shape index (κ3) is 4.21. The molecule has 1 aromatic heterocycles. The molecule has 1 aliphatic rings. The van der Waals surface area contributed by atoms with E-state index in [2.05, 4.69) is 20.0 Å². The number of nitrogens with one attached hydrogen (secondary N) is 1. The van der Waals surface area contributed by atoms with Crippen molar-refractivity contribution in [2.24, 2.45) is 0 Å². The molecule has 2 aromatic carbocycles. The van der Waals surface area contributed by atoms with Crippen LogP contribution >= 0.6 is 12.4 Å². The summed E-state index contributed by atoms with van der Waals surface area (Å²) in [5.41, 5.74) is 1.35. The van der Waals surface area contributed by atoms with Crippen molar-refractivity contribution >= 4 is 34.9 Å². The number of nitrogens with zero attached hydrogens (tertiary/aromatic N) is 3. The van der Waals surface area contributed by atoms with Crippen LogP contribution < -0.4 is 4.90 Å². The Morgan fingerprint density at radius 1 is 1.17 bits per heavy atom. The molecule has 0 saturated carbocycles. The summed E-state index contributed by atoms with van der Waals surface area (Å²) in [4.78, 5) is 17.3. The Bertz CT molecular complexity index is 984. The van der Waals surface area contributed by atoms with Crippen molar-refractivity contribution in [1.29, 1.82) is 0 Å². The van der Waals surface area contributed by atoms with Gasteiger partial charge in [0.05, 0.1) is 11.6 Å². The van der Waals surface area contributed by atoms with Gasteiger partial charge in [0.15, 0.2) is 11.6 Å². The van der Waals surface area contributed by atoms with E-state index >= 15 is 0 Å². The molecule has 0 aliphatic carbocycles. The minimum atomic E-state index is -0.335. The molecule has 0 bridgehead atoms. The van der Waals surface area contributed by atoms with E-state index in [9.17, 15) is 14.3 Å². The van der Waals surface area contributed by atoms with Gasteiger partial charge in [-0.05, 0) is 42.8 Å². The van der Waals surface area contributed by atoms with E-state index < -0.39 is 0 Å². The van der Waals surface area contributed by atoms with E-state index in [0.29, 0.717) is 12.0 Å². The molecule has 154 valence electrons. The summed E-state index contributed by atoms with van der Waals surface area (Å²) in [6.45, 7) is 5.02.